The molecule has 3 heteroatoms. The van der Waals surface area contributed by atoms with E-state index in [9.17, 15) is 4.79 Å². The fraction of sp³-hybridized carbons (Fsp3) is 0.455. The Morgan fingerprint density at radius 1 is 1.64 bits per heavy atom. The summed E-state index contributed by atoms with van der Waals surface area (Å²) < 4.78 is 0. The maximum absolute atomic E-state index is 10.6. The zero-order valence-corrected chi connectivity index (χ0v) is 8.53. The third kappa shape index (κ3) is 2.55. The Kier molecular flexibility index (Phi) is 3.63. The van der Waals surface area contributed by atoms with Crippen LogP contribution in [-0.2, 0) is 11.2 Å². The van der Waals surface area contributed by atoms with Crippen LogP contribution in [0.2, 0.25) is 0 Å². The number of carbonyl (C=O) groups is 1. The fourth-order valence-electron chi connectivity index (χ4n) is 1.57. The average molecular weight is 193 g/mol. The fourth-order valence-corrected chi connectivity index (χ4v) is 1.57. The molecule has 0 radical (unpaired) electrons. The van der Waals surface area contributed by atoms with Gasteiger partial charge in [-0.3, -0.25) is 9.78 Å². The second-order valence-electron chi connectivity index (χ2n) is 3.43. The van der Waals surface area contributed by atoms with E-state index in [0.29, 0.717) is 0 Å². The Morgan fingerprint density at radius 2 is 2.36 bits per heavy atom. The van der Waals surface area contributed by atoms with Gasteiger partial charge in [-0.2, -0.15) is 0 Å². The number of carboxylic acid groups (broad SMARTS) is 1. The van der Waals surface area contributed by atoms with E-state index >= 15 is 0 Å². The summed E-state index contributed by atoms with van der Waals surface area (Å²) in [7, 11) is 0. The first-order chi connectivity index (χ1) is 6.65. The van der Waals surface area contributed by atoms with E-state index in [0.717, 1.165) is 12.0 Å². The first-order valence-corrected chi connectivity index (χ1v) is 4.79. The van der Waals surface area contributed by atoms with Gasteiger partial charge in [-0.15, -0.1) is 0 Å². The van der Waals surface area contributed by atoms with E-state index in [4.69, 9.17) is 5.11 Å². The van der Waals surface area contributed by atoms with Crippen molar-refractivity contribution < 1.29 is 9.90 Å². The molecular formula is C11H15NO2. The van der Waals surface area contributed by atoms with Crippen molar-refractivity contribution in [1.29, 1.82) is 0 Å². The standard InChI is InChI=1S/C11H15NO2/c1-3-9-4-5-12-7-10(9)8(2)6-11(13)14/h4-5,7-8H,3,6H2,1-2H3,(H,13,14). The number of rotatable bonds is 4. The van der Waals surface area contributed by atoms with Crippen molar-refractivity contribution in [2.45, 2.75) is 32.6 Å². The Balaban J connectivity index is 2.87. The predicted molar refractivity (Wildman–Crippen MR) is 54.3 cm³/mol. The molecule has 1 aromatic rings. The Hall–Kier alpha value is -1.38. The van der Waals surface area contributed by atoms with Crippen LogP contribution in [0.25, 0.3) is 0 Å². The minimum absolute atomic E-state index is 0.0381. The van der Waals surface area contributed by atoms with Gasteiger partial charge in [0.05, 0.1) is 6.42 Å². The van der Waals surface area contributed by atoms with Gasteiger partial charge >= 0.3 is 5.97 Å². The molecule has 1 aromatic heterocycles. The SMILES string of the molecule is CCc1ccncc1C(C)CC(=O)O. The molecule has 0 spiro atoms. The number of aromatic nitrogens is 1. The molecule has 0 fully saturated rings. The first-order valence-electron chi connectivity index (χ1n) is 4.79. The lowest BCUT2D eigenvalue weighted by Gasteiger charge is -2.12. The van der Waals surface area contributed by atoms with Gasteiger partial charge in [0.15, 0.2) is 0 Å². The number of hydrogen-bond donors (Lipinski definition) is 1. The van der Waals surface area contributed by atoms with Gasteiger partial charge in [0.2, 0.25) is 0 Å². The minimum atomic E-state index is -0.761. The number of nitrogens with zero attached hydrogens (tertiary/aromatic N) is 1. The zero-order valence-electron chi connectivity index (χ0n) is 8.53. The quantitative estimate of drug-likeness (QED) is 0.797. The van der Waals surface area contributed by atoms with Crippen molar-refractivity contribution in [3.05, 3.63) is 29.6 Å². The molecular weight excluding hydrogens is 178 g/mol. The number of aryl methyl sites for hydroxylation is 1. The van der Waals surface area contributed by atoms with Crippen molar-refractivity contribution >= 4 is 5.97 Å². The van der Waals surface area contributed by atoms with Gasteiger partial charge in [-0.25, -0.2) is 0 Å². The third-order valence-corrected chi connectivity index (χ3v) is 2.34. The lowest BCUT2D eigenvalue weighted by atomic mass is 9.94. The summed E-state index contributed by atoms with van der Waals surface area (Å²) in [6.07, 6.45) is 4.60. The number of carboxylic acids is 1. The molecule has 0 amide bonds. The van der Waals surface area contributed by atoms with Gasteiger partial charge in [0.25, 0.3) is 0 Å². The molecule has 0 aromatic carbocycles. The van der Waals surface area contributed by atoms with Gasteiger partial charge in [0.1, 0.15) is 0 Å². The Morgan fingerprint density at radius 3 is 2.93 bits per heavy atom. The summed E-state index contributed by atoms with van der Waals surface area (Å²) in [5, 5.41) is 8.69. The summed E-state index contributed by atoms with van der Waals surface area (Å²) >= 11 is 0. The van der Waals surface area contributed by atoms with E-state index in [-0.39, 0.29) is 12.3 Å². The van der Waals surface area contributed by atoms with Gasteiger partial charge in [0, 0.05) is 12.4 Å². The van der Waals surface area contributed by atoms with Crippen LogP contribution >= 0.6 is 0 Å². The van der Waals surface area contributed by atoms with Crippen molar-refractivity contribution in [3.63, 3.8) is 0 Å². The van der Waals surface area contributed by atoms with Crippen LogP contribution in [0.1, 0.15) is 37.3 Å². The number of aliphatic carboxylic acids is 1. The average Bonchev–Trinajstić information content (AvgIpc) is 2.16. The Labute approximate surface area is 83.8 Å². The largest absolute Gasteiger partial charge is 0.481 e. The molecule has 14 heavy (non-hydrogen) atoms. The third-order valence-electron chi connectivity index (χ3n) is 2.34. The molecule has 3 nitrogen and oxygen atoms in total. The first kappa shape index (κ1) is 10.7. The summed E-state index contributed by atoms with van der Waals surface area (Å²) in [5.41, 5.74) is 2.24. The number of hydrogen-bond acceptors (Lipinski definition) is 2. The van der Waals surface area contributed by atoms with Gasteiger partial charge < -0.3 is 5.11 Å². The van der Waals surface area contributed by atoms with E-state index in [1.165, 1.54) is 5.56 Å². The second-order valence-corrected chi connectivity index (χ2v) is 3.43. The number of pyridine rings is 1. The van der Waals surface area contributed by atoms with Gasteiger partial charge in [-0.05, 0) is 29.5 Å². The summed E-state index contributed by atoms with van der Waals surface area (Å²) in [6, 6.07) is 1.95. The van der Waals surface area contributed by atoms with E-state index in [1.807, 2.05) is 13.0 Å². The second kappa shape index (κ2) is 4.74. The molecule has 0 bridgehead atoms. The zero-order chi connectivity index (χ0) is 10.6. The van der Waals surface area contributed by atoms with Crippen molar-refractivity contribution in [3.8, 4) is 0 Å². The van der Waals surface area contributed by atoms with Crippen LogP contribution < -0.4 is 0 Å². The van der Waals surface area contributed by atoms with Crippen molar-refractivity contribution in [2.24, 2.45) is 0 Å². The highest BCUT2D eigenvalue weighted by molar-refractivity contribution is 5.68. The molecule has 0 aliphatic rings. The van der Waals surface area contributed by atoms with E-state index in [2.05, 4.69) is 11.9 Å². The highest BCUT2D eigenvalue weighted by atomic mass is 16.4. The molecule has 1 unspecified atom stereocenters. The van der Waals surface area contributed by atoms with Crippen LogP contribution in [-0.4, -0.2) is 16.1 Å². The molecule has 0 saturated heterocycles. The van der Waals surface area contributed by atoms with E-state index < -0.39 is 5.97 Å². The monoisotopic (exact) mass is 193 g/mol. The summed E-state index contributed by atoms with van der Waals surface area (Å²) in [6.45, 7) is 3.98. The Bertz CT molecular complexity index is 323. The summed E-state index contributed by atoms with van der Waals surface area (Å²) in [4.78, 5) is 14.6. The maximum atomic E-state index is 10.6. The molecule has 1 atom stereocenters. The topological polar surface area (TPSA) is 50.2 Å². The minimum Gasteiger partial charge on any atom is -0.481 e. The van der Waals surface area contributed by atoms with Gasteiger partial charge in [-0.1, -0.05) is 13.8 Å². The van der Waals surface area contributed by atoms with Crippen LogP contribution in [0.15, 0.2) is 18.5 Å². The van der Waals surface area contributed by atoms with Crippen molar-refractivity contribution in [2.75, 3.05) is 0 Å². The van der Waals surface area contributed by atoms with Crippen LogP contribution in [0.4, 0.5) is 0 Å². The van der Waals surface area contributed by atoms with Crippen LogP contribution in [0.5, 0.6) is 0 Å². The smallest absolute Gasteiger partial charge is 0.303 e. The highest BCUT2D eigenvalue weighted by Crippen LogP contribution is 2.22. The molecule has 1 rings (SSSR count). The summed E-state index contributed by atoms with van der Waals surface area (Å²) in [5.74, 6) is -0.723. The predicted octanol–water partition coefficient (Wildman–Crippen LogP) is 2.22. The van der Waals surface area contributed by atoms with Crippen molar-refractivity contribution in [1.82, 2.24) is 4.98 Å². The molecule has 76 valence electrons. The molecule has 0 aliphatic carbocycles. The lowest BCUT2D eigenvalue weighted by molar-refractivity contribution is -0.137. The normalized spacial score (nSPS) is 12.4. The molecule has 1 N–H and O–H groups in total. The van der Waals surface area contributed by atoms with E-state index in [1.54, 1.807) is 12.4 Å². The molecule has 1 heterocycles. The molecule has 0 aliphatic heterocycles. The lowest BCUT2D eigenvalue weighted by Crippen LogP contribution is -2.05. The van der Waals surface area contributed by atoms with Crippen LogP contribution in [0, 0.1) is 0 Å². The highest BCUT2D eigenvalue weighted by Gasteiger charge is 2.12. The maximum Gasteiger partial charge on any atom is 0.303 e. The van der Waals surface area contributed by atoms with Crippen LogP contribution in [0.3, 0.4) is 0 Å². The molecule has 0 saturated carbocycles.